The van der Waals surface area contributed by atoms with Crippen LogP contribution in [0, 0.1) is 13.7 Å². The fourth-order valence-electron chi connectivity index (χ4n) is 12.1. The maximum Gasteiger partial charge on any atom is 0.330 e. The molecule has 358 valence electrons. The van der Waals surface area contributed by atoms with Crippen molar-refractivity contribution >= 4 is 81.0 Å². The van der Waals surface area contributed by atoms with Crippen LogP contribution in [-0.4, -0.2) is 13.7 Å². The van der Waals surface area contributed by atoms with E-state index in [2.05, 4.69) is 205 Å². The van der Waals surface area contributed by atoms with E-state index in [9.17, 15) is 8.22 Å². The van der Waals surface area contributed by atoms with Gasteiger partial charge in [-0.15, -0.1) is 0 Å². The van der Waals surface area contributed by atoms with E-state index in [0.29, 0.717) is 22.5 Å². The van der Waals surface area contributed by atoms with Crippen molar-refractivity contribution in [2.45, 2.75) is 52.5 Å². The van der Waals surface area contributed by atoms with E-state index >= 15 is 0 Å². The van der Waals surface area contributed by atoms with Gasteiger partial charge in [0, 0.05) is 42.3 Å². The van der Waals surface area contributed by atoms with Gasteiger partial charge in [-0.2, -0.15) is 0 Å². The second kappa shape index (κ2) is 18.9. The number of hydrogen-bond donors (Lipinski definition) is 0. The number of hydrogen-bond acceptors (Lipinski definition) is 4. The average molecular weight is 961 g/mol. The molecule has 0 spiro atoms. The normalized spacial score (nSPS) is 16.2. The summed E-state index contributed by atoms with van der Waals surface area (Å²) >= 11 is 0. The van der Waals surface area contributed by atoms with Crippen LogP contribution >= 0.6 is 0 Å². The van der Waals surface area contributed by atoms with Crippen molar-refractivity contribution in [2.75, 3.05) is 19.4 Å². The quantitative estimate of drug-likeness (QED) is 0.148. The lowest BCUT2D eigenvalue weighted by Crippen LogP contribution is -2.60. The van der Waals surface area contributed by atoms with Gasteiger partial charge in [0.1, 0.15) is 0 Å². The number of rotatable bonds is 7. The van der Waals surface area contributed by atoms with Gasteiger partial charge in [-0.05, 0) is 146 Å². The van der Waals surface area contributed by atoms with E-state index in [1.807, 2.05) is 84.9 Å². The summed E-state index contributed by atoms with van der Waals surface area (Å²) in [6, 6.07) is 86.4. The summed E-state index contributed by atoms with van der Waals surface area (Å²) in [5.41, 5.74) is 11.4. The first-order valence-corrected chi connectivity index (χ1v) is 25.6. The van der Waals surface area contributed by atoms with Crippen LogP contribution < -0.4 is 41.3 Å². The second-order valence-electron chi connectivity index (χ2n) is 20.4. The number of para-hydroxylation sites is 6. The number of fused-ring (bicyclic) bond motifs is 4. The van der Waals surface area contributed by atoms with E-state index in [4.69, 9.17) is 0 Å². The molecule has 0 saturated heterocycles. The molecule has 0 amide bonds. The minimum absolute atomic E-state index is 0.0507. The Hall–Kier alpha value is -8.47. The van der Waals surface area contributed by atoms with Gasteiger partial charge in [-0.3, -0.25) is 0 Å². The molecule has 0 saturated carbocycles. The zero-order valence-electron chi connectivity index (χ0n) is 48.2. The molecule has 0 radical (unpaired) electrons. The standard InChI is InChI=1S/C68H60B2N4/c1-49-55(37-27-47-61(49)71-64-44-24-22-42-60(64)70(52-31-13-8-14-32-52)73(53-33-15-9-16-34-53)63-43-23-20-40-58(63)68(71,5)6)56-38-28-48-62(50(56)2)72-65-45-25-26-46-66(65)74(54-35-17-10-18-36-54)69(51-29-11-7-12-30-51)59-41-21-19-39-57(59)67(72,3)4/h7-48H,1-6H3/i1D3,2D3. The molecular weight excluding hydrogens is 894 g/mol. The number of anilines is 8. The zero-order chi connectivity index (χ0) is 55.6. The lowest BCUT2D eigenvalue weighted by Gasteiger charge is -2.49. The molecule has 74 heavy (non-hydrogen) atoms. The molecule has 0 N–H and O–H groups in total. The van der Waals surface area contributed by atoms with E-state index < -0.39 is 24.8 Å². The Balaban J connectivity index is 1.13. The zero-order valence-corrected chi connectivity index (χ0v) is 42.2. The summed E-state index contributed by atoms with van der Waals surface area (Å²) < 4.78 is 58.2. The minimum atomic E-state index is -2.75. The predicted octanol–water partition coefficient (Wildman–Crippen LogP) is 14.6. The number of benzene rings is 10. The largest absolute Gasteiger partial charge is 0.377 e. The Morgan fingerprint density at radius 2 is 0.676 bits per heavy atom. The monoisotopic (exact) mass is 961 g/mol. The van der Waals surface area contributed by atoms with Gasteiger partial charge in [0.05, 0.1) is 22.5 Å². The number of nitrogens with zero attached hydrogens (tertiary/aromatic N) is 4. The third-order valence-corrected chi connectivity index (χ3v) is 15.4. The highest BCUT2D eigenvalue weighted by Crippen LogP contribution is 2.51. The molecule has 0 unspecified atom stereocenters. The van der Waals surface area contributed by atoms with Crippen molar-refractivity contribution < 1.29 is 8.22 Å². The van der Waals surface area contributed by atoms with Crippen molar-refractivity contribution in [3.8, 4) is 11.1 Å². The smallest absolute Gasteiger partial charge is 0.330 e. The van der Waals surface area contributed by atoms with Gasteiger partial charge in [-0.1, -0.05) is 205 Å². The Kier molecular flexibility index (Phi) is 10.2. The van der Waals surface area contributed by atoms with Crippen molar-refractivity contribution in [1.82, 2.24) is 0 Å². The van der Waals surface area contributed by atoms with E-state index in [1.165, 1.54) is 0 Å². The summed E-state index contributed by atoms with van der Waals surface area (Å²) in [4.78, 5) is 9.14. The van der Waals surface area contributed by atoms with Gasteiger partial charge in [0.15, 0.2) is 0 Å². The summed E-state index contributed by atoms with van der Waals surface area (Å²) in [6.45, 7) is 2.50. The molecule has 10 aromatic rings. The van der Waals surface area contributed by atoms with Gasteiger partial charge in [-0.25, -0.2) is 0 Å². The fourth-order valence-corrected chi connectivity index (χ4v) is 12.1. The molecular formula is C68H60B2N4. The Bertz CT molecular complexity index is 3620. The molecule has 0 bridgehead atoms. The Morgan fingerprint density at radius 3 is 1.22 bits per heavy atom. The highest BCUT2D eigenvalue weighted by atomic mass is 15.2. The molecule has 0 aromatic heterocycles. The Morgan fingerprint density at radius 1 is 0.311 bits per heavy atom. The molecule has 6 heteroatoms. The van der Waals surface area contributed by atoms with Crippen molar-refractivity contribution in [2.24, 2.45) is 0 Å². The van der Waals surface area contributed by atoms with Crippen LogP contribution in [-0.2, 0) is 11.1 Å². The van der Waals surface area contributed by atoms with Crippen molar-refractivity contribution in [3.05, 3.63) is 277 Å². The van der Waals surface area contributed by atoms with Crippen LogP contribution in [0.25, 0.3) is 11.1 Å². The first-order chi connectivity index (χ1) is 38.6. The lowest BCUT2D eigenvalue weighted by molar-refractivity contribution is 0.536. The topological polar surface area (TPSA) is 13.0 Å². The third-order valence-electron chi connectivity index (χ3n) is 15.4. The van der Waals surface area contributed by atoms with Crippen LogP contribution in [0.3, 0.4) is 0 Å². The molecule has 2 aliphatic heterocycles. The molecule has 0 fully saturated rings. The molecule has 2 aliphatic rings. The van der Waals surface area contributed by atoms with Crippen LogP contribution in [0.5, 0.6) is 0 Å². The predicted molar refractivity (Wildman–Crippen MR) is 318 cm³/mol. The van der Waals surface area contributed by atoms with Crippen LogP contribution in [0.15, 0.2) is 255 Å². The summed E-state index contributed by atoms with van der Waals surface area (Å²) in [6.07, 6.45) is 0. The first-order valence-electron chi connectivity index (χ1n) is 28.6. The van der Waals surface area contributed by atoms with E-state index in [1.54, 1.807) is 12.1 Å². The fraction of sp³-hybridized carbons (Fsp3) is 0.118. The lowest BCUT2D eigenvalue weighted by atomic mass is 9.46. The van der Waals surface area contributed by atoms with Crippen molar-refractivity contribution in [3.63, 3.8) is 0 Å². The minimum Gasteiger partial charge on any atom is -0.377 e. The molecule has 4 nitrogen and oxygen atoms in total. The van der Waals surface area contributed by atoms with Crippen LogP contribution in [0.4, 0.5) is 45.5 Å². The average Bonchev–Trinajstić information content (AvgIpc) is 3.60. The van der Waals surface area contributed by atoms with Crippen LogP contribution in [0.1, 0.15) is 58.2 Å². The van der Waals surface area contributed by atoms with Gasteiger partial charge >= 0.3 is 13.7 Å². The van der Waals surface area contributed by atoms with Gasteiger partial charge in [0.2, 0.25) is 0 Å². The summed E-state index contributed by atoms with van der Waals surface area (Å²) in [5.74, 6) is 0. The molecule has 0 aliphatic carbocycles. The molecule has 10 aromatic carbocycles. The maximum absolute atomic E-state index is 9.70. The molecule has 0 atom stereocenters. The maximum atomic E-state index is 9.70. The van der Waals surface area contributed by atoms with Crippen molar-refractivity contribution in [1.29, 1.82) is 0 Å². The molecule has 2 heterocycles. The summed E-state index contributed by atoms with van der Waals surface area (Å²) in [5, 5.41) is 0. The summed E-state index contributed by atoms with van der Waals surface area (Å²) in [7, 11) is 0. The highest BCUT2D eigenvalue weighted by molar-refractivity contribution is 6.90. The van der Waals surface area contributed by atoms with Gasteiger partial charge < -0.3 is 19.4 Å². The molecule has 12 rings (SSSR count). The third kappa shape index (κ3) is 7.71. The second-order valence-corrected chi connectivity index (χ2v) is 20.4. The first kappa shape index (κ1) is 40.1. The van der Waals surface area contributed by atoms with E-state index in [0.717, 1.165) is 67.1 Å². The SMILES string of the molecule is [2H]C([2H])([2H])c1c(-c2cccc(N3c4ccccc4B(c4ccccc4)N(c4ccccc4)c4ccccc4C3(C)C)c2C([2H])([2H])[2H])cccc1N1c2ccccc2N(c2ccccc2)B(c2ccccc2)c2ccccc2C1(C)C. The Labute approximate surface area is 447 Å². The van der Waals surface area contributed by atoms with Crippen LogP contribution in [0.2, 0.25) is 0 Å². The van der Waals surface area contributed by atoms with Gasteiger partial charge in [0.25, 0.3) is 0 Å². The highest BCUT2D eigenvalue weighted by Gasteiger charge is 2.45. The van der Waals surface area contributed by atoms with E-state index in [-0.39, 0.29) is 24.8 Å².